The van der Waals surface area contributed by atoms with Crippen molar-refractivity contribution in [3.05, 3.63) is 103 Å². The molecule has 0 spiro atoms. The predicted molar refractivity (Wildman–Crippen MR) is 184 cm³/mol. The zero-order chi connectivity index (χ0) is 33.6. The molecule has 3 aromatic carbocycles. The van der Waals surface area contributed by atoms with Gasteiger partial charge in [0.05, 0.1) is 22.9 Å². The van der Waals surface area contributed by atoms with Gasteiger partial charge in [0.25, 0.3) is 5.91 Å². The number of nitrogens with zero attached hydrogens (tertiary/aromatic N) is 1. The molecule has 0 radical (unpaired) electrons. The van der Waals surface area contributed by atoms with Gasteiger partial charge in [-0.05, 0) is 78.4 Å². The number of halogens is 1. The van der Waals surface area contributed by atoms with E-state index in [2.05, 4.69) is 18.5 Å². The van der Waals surface area contributed by atoms with Crippen LogP contribution < -0.4 is 11.1 Å². The summed E-state index contributed by atoms with van der Waals surface area (Å²) in [5.74, 6) is -0.240. The molecular formula is C34H46FN3O6S2. The van der Waals surface area contributed by atoms with Crippen LogP contribution in [0.5, 0.6) is 0 Å². The van der Waals surface area contributed by atoms with Crippen LogP contribution >= 0.6 is 0 Å². The maximum Gasteiger partial charge on any atom is 0.251 e. The van der Waals surface area contributed by atoms with E-state index in [0.29, 0.717) is 5.56 Å². The van der Waals surface area contributed by atoms with Gasteiger partial charge in [-0.2, -0.15) is 0 Å². The molecule has 0 atom stereocenters. The van der Waals surface area contributed by atoms with Gasteiger partial charge >= 0.3 is 0 Å². The zero-order valence-corrected chi connectivity index (χ0v) is 27.4. The van der Waals surface area contributed by atoms with Crippen molar-refractivity contribution in [3.8, 4) is 11.1 Å². The molecule has 1 aliphatic heterocycles. The Labute approximate surface area is 273 Å². The number of nitrogens with two attached hydrogens (primary N) is 1. The minimum atomic E-state index is -3.26. The molecule has 9 nitrogen and oxygen atoms in total. The highest BCUT2D eigenvalue weighted by Gasteiger charge is 2.25. The number of amides is 2. The predicted octanol–water partition coefficient (Wildman–Crippen LogP) is 4.85. The summed E-state index contributed by atoms with van der Waals surface area (Å²) in [5, 5.41) is 2.55. The monoisotopic (exact) mass is 675 g/mol. The fourth-order valence-corrected chi connectivity index (χ4v) is 6.02. The standard InChI is InChI=1S/C20H22N2O6S2.C9H9F.C2H7N.C2H4.CH4/c1-29(25,26)18-8-6-16(7-9-18)15-2-4-17(5-3-15)20(24)21-14-19(23)22-10-12-30(27,28)13-11-22;10-9-5-3-8(4-6-9)7-1-2-7;1-2-3;1-2;/h2-9H,10-14H2,1H3,(H,21,24);3-7H,1-2H2;2-3H2,1H3;1-2H2;1H4. The second kappa shape index (κ2) is 18.9. The topological polar surface area (TPSA) is 144 Å². The Morgan fingerprint density at radius 2 is 1.37 bits per heavy atom. The maximum absolute atomic E-state index is 12.4. The van der Waals surface area contributed by atoms with Crippen LogP contribution in [0.1, 0.15) is 49.0 Å². The highest BCUT2D eigenvalue weighted by Crippen LogP contribution is 2.39. The SMILES string of the molecule is C.C=C.CCN.CS(=O)(=O)c1ccc(-c2ccc(C(=O)NCC(=O)N3CCS(=O)(=O)CC3)cc2)cc1.Fc1ccc(C2CC2)cc1. The Balaban J connectivity index is 0.000000546. The largest absolute Gasteiger partial charge is 0.343 e. The van der Waals surface area contributed by atoms with Gasteiger partial charge in [0.15, 0.2) is 19.7 Å². The van der Waals surface area contributed by atoms with E-state index in [-0.39, 0.29) is 55.2 Å². The van der Waals surface area contributed by atoms with Gasteiger partial charge in [-0.25, -0.2) is 21.2 Å². The number of nitrogens with one attached hydrogen (secondary N) is 1. The molecule has 1 heterocycles. The number of carbonyl (C=O) groups is 2. The minimum absolute atomic E-state index is 0. The lowest BCUT2D eigenvalue weighted by molar-refractivity contribution is -0.129. The second-order valence-electron chi connectivity index (χ2n) is 10.3. The smallest absolute Gasteiger partial charge is 0.251 e. The normalized spacial score (nSPS) is 14.7. The molecule has 3 N–H and O–H groups in total. The Morgan fingerprint density at radius 3 is 1.80 bits per heavy atom. The average molecular weight is 676 g/mol. The summed E-state index contributed by atoms with van der Waals surface area (Å²) in [6.07, 6.45) is 3.71. The fraction of sp³-hybridized carbons (Fsp3) is 0.353. The van der Waals surface area contributed by atoms with Crippen molar-refractivity contribution in [1.82, 2.24) is 10.2 Å². The number of rotatable bonds is 6. The average Bonchev–Trinajstić information content (AvgIpc) is 3.87. The van der Waals surface area contributed by atoms with Crippen LogP contribution in [-0.4, -0.2) is 77.5 Å². The van der Waals surface area contributed by atoms with Crippen molar-refractivity contribution in [2.45, 2.75) is 38.0 Å². The summed E-state index contributed by atoms with van der Waals surface area (Å²) in [7, 11) is -6.33. The van der Waals surface area contributed by atoms with Crippen molar-refractivity contribution < 1.29 is 30.8 Å². The second-order valence-corrected chi connectivity index (χ2v) is 14.6. The van der Waals surface area contributed by atoms with Crippen LogP contribution in [0, 0.1) is 5.82 Å². The Bertz CT molecular complexity index is 1590. The summed E-state index contributed by atoms with van der Waals surface area (Å²) in [4.78, 5) is 26.1. The van der Waals surface area contributed by atoms with E-state index >= 15 is 0 Å². The fourth-order valence-electron chi connectivity index (χ4n) is 4.19. The molecule has 1 saturated heterocycles. The summed E-state index contributed by atoms with van der Waals surface area (Å²) in [6, 6.07) is 20.0. The molecule has 2 amide bonds. The van der Waals surface area contributed by atoms with Crippen LogP contribution in [0.4, 0.5) is 4.39 Å². The van der Waals surface area contributed by atoms with Crippen molar-refractivity contribution in [2.24, 2.45) is 5.73 Å². The Kier molecular flexibility index (Phi) is 16.5. The zero-order valence-electron chi connectivity index (χ0n) is 25.7. The van der Waals surface area contributed by atoms with E-state index in [1.165, 1.54) is 47.6 Å². The van der Waals surface area contributed by atoms with E-state index in [0.717, 1.165) is 29.8 Å². The van der Waals surface area contributed by atoms with Crippen molar-refractivity contribution in [3.63, 3.8) is 0 Å². The van der Waals surface area contributed by atoms with Gasteiger partial charge in [0.1, 0.15) is 5.82 Å². The number of hydrogen-bond acceptors (Lipinski definition) is 7. The molecular weight excluding hydrogens is 630 g/mol. The van der Waals surface area contributed by atoms with Crippen molar-refractivity contribution in [2.75, 3.05) is 43.9 Å². The third kappa shape index (κ3) is 13.2. The summed E-state index contributed by atoms with van der Waals surface area (Å²) in [5.41, 5.74) is 8.14. The lowest BCUT2D eigenvalue weighted by Gasteiger charge is -2.26. The molecule has 0 bridgehead atoms. The first-order chi connectivity index (χ1) is 21.3. The highest BCUT2D eigenvalue weighted by molar-refractivity contribution is 7.91. The van der Waals surface area contributed by atoms with Crippen LogP contribution in [0.2, 0.25) is 0 Å². The number of carbonyl (C=O) groups excluding carboxylic acids is 2. The molecule has 0 aromatic heterocycles. The highest BCUT2D eigenvalue weighted by atomic mass is 32.2. The van der Waals surface area contributed by atoms with Gasteiger partial charge in [0, 0.05) is 24.9 Å². The molecule has 2 aliphatic rings. The van der Waals surface area contributed by atoms with Crippen LogP contribution in [0.3, 0.4) is 0 Å². The Morgan fingerprint density at radius 1 is 0.913 bits per heavy atom. The number of sulfone groups is 2. The molecule has 252 valence electrons. The molecule has 46 heavy (non-hydrogen) atoms. The van der Waals surface area contributed by atoms with E-state index in [9.17, 15) is 30.8 Å². The lowest BCUT2D eigenvalue weighted by Crippen LogP contribution is -2.47. The quantitative estimate of drug-likeness (QED) is 0.356. The number of hydrogen-bond donors (Lipinski definition) is 2. The maximum atomic E-state index is 12.4. The van der Waals surface area contributed by atoms with Crippen molar-refractivity contribution in [1.29, 1.82) is 0 Å². The van der Waals surface area contributed by atoms with Gasteiger partial charge in [-0.1, -0.05) is 50.7 Å². The lowest BCUT2D eigenvalue weighted by atomic mass is 10.0. The molecule has 1 aliphatic carbocycles. The molecule has 5 rings (SSSR count). The van der Waals surface area contributed by atoms with Gasteiger partial charge in [0.2, 0.25) is 5.91 Å². The van der Waals surface area contributed by atoms with E-state index < -0.39 is 25.6 Å². The van der Waals surface area contributed by atoms with Gasteiger partial charge in [-0.3, -0.25) is 9.59 Å². The Hall–Kier alpha value is -3.87. The number of benzene rings is 3. The molecule has 1 saturated carbocycles. The van der Waals surface area contributed by atoms with E-state index in [1.54, 1.807) is 36.4 Å². The third-order valence-electron chi connectivity index (χ3n) is 6.78. The summed E-state index contributed by atoms with van der Waals surface area (Å²) >= 11 is 0. The summed E-state index contributed by atoms with van der Waals surface area (Å²) < 4.78 is 58.3. The van der Waals surface area contributed by atoms with Gasteiger partial charge in [-0.15, -0.1) is 13.2 Å². The molecule has 0 unspecified atom stereocenters. The molecule has 12 heteroatoms. The third-order valence-corrected chi connectivity index (χ3v) is 9.52. The first kappa shape index (κ1) is 40.2. The molecule has 3 aromatic rings. The minimum Gasteiger partial charge on any atom is -0.343 e. The van der Waals surface area contributed by atoms with Crippen molar-refractivity contribution >= 4 is 31.5 Å². The first-order valence-electron chi connectivity index (χ1n) is 14.5. The van der Waals surface area contributed by atoms with Crippen LogP contribution in [0.15, 0.2) is 90.8 Å². The van der Waals surface area contributed by atoms with E-state index in [4.69, 9.17) is 5.73 Å². The first-order valence-corrected chi connectivity index (χ1v) is 18.2. The van der Waals surface area contributed by atoms with Gasteiger partial charge < -0.3 is 16.0 Å². The molecule has 2 fully saturated rings. The summed E-state index contributed by atoms with van der Waals surface area (Å²) in [6.45, 7) is 8.74. The van der Waals surface area contributed by atoms with Crippen LogP contribution in [-0.2, 0) is 24.5 Å². The van der Waals surface area contributed by atoms with E-state index in [1.807, 2.05) is 19.1 Å². The van der Waals surface area contributed by atoms with Crippen LogP contribution in [0.25, 0.3) is 11.1 Å².